The molecular formula is C11H18ClN3OS. The van der Waals surface area contributed by atoms with Gasteiger partial charge in [-0.2, -0.15) is 0 Å². The van der Waals surface area contributed by atoms with Crippen molar-refractivity contribution in [1.82, 2.24) is 15.2 Å². The summed E-state index contributed by atoms with van der Waals surface area (Å²) in [4.78, 5) is 17.8. The van der Waals surface area contributed by atoms with Crippen LogP contribution in [-0.4, -0.2) is 35.9 Å². The van der Waals surface area contributed by atoms with Crippen LogP contribution in [0.5, 0.6) is 0 Å². The predicted octanol–water partition coefficient (Wildman–Crippen LogP) is 1.84. The minimum absolute atomic E-state index is 0.0348. The monoisotopic (exact) mass is 275 g/mol. The lowest BCUT2D eigenvalue weighted by Crippen LogP contribution is -2.35. The van der Waals surface area contributed by atoms with E-state index < -0.39 is 0 Å². The fourth-order valence-corrected chi connectivity index (χ4v) is 2.55. The molecular weight excluding hydrogens is 258 g/mol. The van der Waals surface area contributed by atoms with Crippen LogP contribution in [0.25, 0.3) is 0 Å². The molecule has 6 heteroatoms. The number of halogens is 1. The van der Waals surface area contributed by atoms with E-state index in [1.807, 2.05) is 5.38 Å². The largest absolute Gasteiger partial charge is 0.358 e. The van der Waals surface area contributed by atoms with Crippen molar-refractivity contribution in [1.29, 1.82) is 0 Å². The van der Waals surface area contributed by atoms with Crippen molar-refractivity contribution in [3.05, 3.63) is 16.1 Å². The van der Waals surface area contributed by atoms with E-state index in [9.17, 15) is 4.79 Å². The number of carbonyl (C=O) groups excluding carboxylic acids is 1. The van der Waals surface area contributed by atoms with Crippen LogP contribution in [0.3, 0.4) is 0 Å². The third-order valence-electron chi connectivity index (χ3n) is 2.28. The summed E-state index contributed by atoms with van der Waals surface area (Å²) in [6.07, 6.45) is 1.02. The maximum atomic E-state index is 11.4. The first-order valence-corrected chi connectivity index (χ1v) is 7.03. The summed E-state index contributed by atoms with van der Waals surface area (Å²) in [5.41, 5.74) is 0.906. The molecule has 1 N–H and O–H groups in total. The van der Waals surface area contributed by atoms with Crippen molar-refractivity contribution < 1.29 is 4.79 Å². The lowest BCUT2D eigenvalue weighted by molar-refractivity contribution is -0.121. The smallest absolute Gasteiger partial charge is 0.233 e. The van der Waals surface area contributed by atoms with E-state index in [-0.39, 0.29) is 5.91 Å². The molecule has 0 unspecified atom stereocenters. The highest BCUT2D eigenvalue weighted by molar-refractivity contribution is 7.09. The first kappa shape index (κ1) is 14.4. The average molecular weight is 276 g/mol. The molecule has 0 aromatic carbocycles. The van der Waals surface area contributed by atoms with Gasteiger partial charge < -0.3 is 5.32 Å². The normalized spacial score (nSPS) is 10.8. The molecule has 0 aliphatic rings. The summed E-state index contributed by atoms with van der Waals surface area (Å²) in [6.45, 7) is 4.12. The summed E-state index contributed by atoms with van der Waals surface area (Å²) < 4.78 is 0. The maximum Gasteiger partial charge on any atom is 0.233 e. The number of hydrogen-bond donors (Lipinski definition) is 1. The second kappa shape index (κ2) is 7.63. The number of carbonyl (C=O) groups is 1. The van der Waals surface area contributed by atoms with Gasteiger partial charge in [0, 0.05) is 12.4 Å². The molecule has 0 atom stereocenters. The summed E-state index contributed by atoms with van der Waals surface area (Å²) >= 11 is 7.31. The number of hydrogen-bond acceptors (Lipinski definition) is 4. The van der Waals surface area contributed by atoms with Gasteiger partial charge >= 0.3 is 0 Å². The van der Waals surface area contributed by atoms with Crippen LogP contribution in [0.4, 0.5) is 0 Å². The molecule has 0 aliphatic carbocycles. The number of thiazole rings is 1. The van der Waals surface area contributed by atoms with E-state index >= 15 is 0 Å². The Morgan fingerprint density at radius 1 is 1.65 bits per heavy atom. The van der Waals surface area contributed by atoms with Gasteiger partial charge in [0.05, 0.1) is 24.7 Å². The second-order valence-electron chi connectivity index (χ2n) is 3.75. The Hall–Kier alpha value is -0.650. The van der Waals surface area contributed by atoms with Gasteiger partial charge in [0.1, 0.15) is 5.01 Å². The van der Waals surface area contributed by atoms with Gasteiger partial charge in [-0.25, -0.2) is 4.98 Å². The van der Waals surface area contributed by atoms with Crippen LogP contribution >= 0.6 is 22.9 Å². The Kier molecular flexibility index (Phi) is 6.47. The van der Waals surface area contributed by atoms with E-state index in [1.165, 1.54) is 0 Å². The van der Waals surface area contributed by atoms with Gasteiger partial charge in [0.15, 0.2) is 0 Å². The van der Waals surface area contributed by atoms with Crippen molar-refractivity contribution >= 4 is 28.8 Å². The van der Waals surface area contributed by atoms with Gasteiger partial charge in [-0.05, 0) is 13.0 Å². The third-order valence-corrected chi connectivity index (χ3v) is 3.44. The first-order valence-electron chi connectivity index (χ1n) is 5.61. The molecule has 96 valence electrons. The lowest BCUT2D eigenvalue weighted by Gasteiger charge is -2.19. The number of amides is 1. The van der Waals surface area contributed by atoms with Crippen molar-refractivity contribution in [2.24, 2.45) is 0 Å². The molecule has 4 nitrogen and oxygen atoms in total. The minimum atomic E-state index is 0.0348. The van der Waals surface area contributed by atoms with Crippen molar-refractivity contribution in [2.75, 3.05) is 20.1 Å². The quantitative estimate of drug-likeness (QED) is 0.773. The van der Waals surface area contributed by atoms with Gasteiger partial charge in [-0.1, -0.05) is 6.92 Å². The summed E-state index contributed by atoms with van der Waals surface area (Å²) in [6, 6.07) is 0. The number of rotatable bonds is 7. The predicted molar refractivity (Wildman–Crippen MR) is 71.3 cm³/mol. The Morgan fingerprint density at radius 3 is 2.94 bits per heavy atom. The summed E-state index contributed by atoms with van der Waals surface area (Å²) in [5, 5.41) is 5.61. The number of nitrogens with zero attached hydrogens (tertiary/aromatic N) is 2. The van der Waals surface area contributed by atoms with Crippen LogP contribution in [0, 0.1) is 0 Å². The molecule has 0 radical (unpaired) electrons. The molecule has 0 saturated carbocycles. The second-order valence-corrected chi connectivity index (χ2v) is 4.96. The number of nitrogens with one attached hydrogen (secondary N) is 1. The molecule has 0 aliphatic heterocycles. The Morgan fingerprint density at radius 2 is 2.41 bits per heavy atom. The number of alkyl halides is 1. The molecule has 1 amide bonds. The summed E-state index contributed by atoms with van der Waals surface area (Å²) in [5.74, 6) is 0.479. The van der Waals surface area contributed by atoms with E-state index in [0.29, 0.717) is 19.0 Å². The molecule has 0 bridgehead atoms. The van der Waals surface area contributed by atoms with Crippen molar-refractivity contribution in [2.45, 2.75) is 25.8 Å². The zero-order valence-electron chi connectivity index (χ0n) is 10.2. The highest BCUT2D eigenvalue weighted by atomic mass is 35.5. The van der Waals surface area contributed by atoms with E-state index in [4.69, 9.17) is 11.6 Å². The zero-order chi connectivity index (χ0) is 12.7. The van der Waals surface area contributed by atoms with Crippen LogP contribution in [-0.2, 0) is 17.2 Å². The average Bonchev–Trinajstić information content (AvgIpc) is 2.77. The van der Waals surface area contributed by atoms with Gasteiger partial charge in [0.25, 0.3) is 0 Å². The standard InChI is InChI=1S/C11H18ClN3OS/c1-3-4-15(6-10(16)13-2)7-11-14-9(5-12)8-17-11/h8H,3-7H2,1-2H3,(H,13,16). The Balaban J connectivity index is 2.55. The fourth-order valence-electron chi connectivity index (χ4n) is 1.49. The Bertz CT molecular complexity index is 356. The van der Waals surface area contributed by atoms with Gasteiger partial charge in [-0.3, -0.25) is 9.69 Å². The van der Waals surface area contributed by atoms with Crippen LogP contribution < -0.4 is 5.32 Å². The molecule has 1 rings (SSSR count). The highest BCUT2D eigenvalue weighted by Gasteiger charge is 2.11. The van der Waals surface area contributed by atoms with E-state index in [0.717, 1.165) is 23.7 Å². The number of aromatic nitrogens is 1. The lowest BCUT2D eigenvalue weighted by atomic mass is 10.4. The van der Waals surface area contributed by atoms with E-state index in [2.05, 4.69) is 22.1 Å². The molecule has 17 heavy (non-hydrogen) atoms. The molecule has 1 aromatic rings. The van der Waals surface area contributed by atoms with Crippen molar-refractivity contribution in [3.63, 3.8) is 0 Å². The van der Waals surface area contributed by atoms with Crippen LogP contribution in [0.15, 0.2) is 5.38 Å². The summed E-state index contributed by atoms with van der Waals surface area (Å²) in [7, 11) is 1.65. The molecule has 0 fully saturated rings. The first-order chi connectivity index (χ1) is 8.19. The zero-order valence-corrected chi connectivity index (χ0v) is 11.8. The SMILES string of the molecule is CCCN(CC(=O)NC)Cc1nc(CCl)cs1. The van der Waals surface area contributed by atoms with Gasteiger partial charge in [0.2, 0.25) is 5.91 Å². The van der Waals surface area contributed by atoms with Gasteiger partial charge in [-0.15, -0.1) is 22.9 Å². The molecule has 0 saturated heterocycles. The van der Waals surface area contributed by atoms with Crippen LogP contribution in [0.1, 0.15) is 24.0 Å². The number of likely N-dealkylation sites (N-methyl/N-ethyl adjacent to an activating group) is 1. The van der Waals surface area contributed by atoms with Crippen molar-refractivity contribution in [3.8, 4) is 0 Å². The highest BCUT2D eigenvalue weighted by Crippen LogP contribution is 2.14. The molecule has 1 aromatic heterocycles. The topological polar surface area (TPSA) is 45.2 Å². The Labute approximate surface area is 111 Å². The minimum Gasteiger partial charge on any atom is -0.358 e. The van der Waals surface area contributed by atoms with E-state index in [1.54, 1.807) is 18.4 Å². The van der Waals surface area contributed by atoms with Crippen LogP contribution in [0.2, 0.25) is 0 Å². The fraction of sp³-hybridized carbons (Fsp3) is 0.636. The maximum absolute atomic E-state index is 11.4. The molecule has 1 heterocycles. The molecule has 0 spiro atoms. The third kappa shape index (κ3) is 5.02.